The third kappa shape index (κ3) is 4.85. The van der Waals surface area contributed by atoms with Crippen molar-refractivity contribution in [2.75, 3.05) is 27.9 Å². The second-order valence-electron chi connectivity index (χ2n) is 10.6. The molecule has 5 rings (SSSR count). The summed E-state index contributed by atoms with van der Waals surface area (Å²) in [7, 11) is 5.03. The van der Waals surface area contributed by atoms with E-state index >= 15 is 0 Å². The maximum absolute atomic E-state index is 14.5. The van der Waals surface area contributed by atoms with Gasteiger partial charge in [-0.1, -0.05) is 56.3 Å². The molecule has 0 N–H and O–H groups in total. The van der Waals surface area contributed by atoms with Crippen LogP contribution < -0.4 is 14.2 Å². The predicted octanol–water partition coefficient (Wildman–Crippen LogP) is 5.42. The highest BCUT2D eigenvalue weighted by molar-refractivity contribution is 5.83. The van der Waals surface area contributed by atoms with E-state index in [2.05, 4.69) is 66.1 Å². The number of fused-ring (bicyclic) bond motifs is 2. The molecule has 0 fully saturated rings. The van der Waals surface area contributed by atoms with E-state index in [1.807, 2.05) is 18.2 Å². The first kappa shape index (κ1) is 26.1. The third-order valence-electron chi connectivity index (χ3n) is 8.03. The van der Waals surface area contributed by atoms with Crippen molar-refractivity contribution < 1.29 is 19.0 Å². The van der Waals surface area contributed by atoms with E-state index in [0.29, 0.717) is 25.3 Å². The quantitative estimate of drug-likeness (QED) is 0.421. The van der Waals surface area contributed by atoms with Crippen molar-refractivity contribution in [1.29, 1.82) is 0 Å². The third-order valence-corrected chi connectivity index (χ3v) is 8.03. The van der Waals surface area contributed by atoms with E-state index in [-0.39, 0.29) is 23.9 Å². The van der Waals surface area contributed by atoms with E-state index < -0.39 is 0 Å². The van der Waals surface area contributed by atoms with Gasteiger partial charge in [0.25, 0.3) is 0 Å². The highest BCUT2D eigenvalue weighted by Crippen LogP contribution is 2.42. The first-order valence-electron chi connectivity index (χ1n) is 13.4. The molecule has 0 radical (unpaired) electrons. The molecule has 0 saturated carbocycles. The van der Waals surface area contributed by atoms with Gasteiger partial charge in [0.2, 0.25) is 5.91 Å². The molecule has 0 bridgehead atoms. The Labute approximate surface area is 226 Å². The summed E-state index contributed by atoms with van der Waals surface area (Å²) in [6.07, 6.45) is 1.49. The first-order chi connectivity index (χ1) is 18.4. The van der Waals surface area contributed by atoms with Crippen molar-refractivity contribution in [3.8, 4) is 17.2 Å². The molecule has 0 saturated heterocycles. The standard InChI is InChI=1S/C32H38N2O4/c1-21(2)31-26-18-30(38-5)29(37-4)17-23(26)14-15-34(31)32(35)27-16-22-10-6-7-11-24(22)19-33(27)20-25-12-8-9-13-28(25)36-3/h6-13,17-18,21,27,31H,14-16,19-20H2,1-5H3. The molecule has 6 nitrogen and oxygen atoms in total. The smallest absolute Gasteiger partial charge is 0.240 e. The minimum atomic E-state index is -0.252. The topological polar surface area (TPSA) is 51.2 Å². The van der Waals surface area contributed by atoms with Crippen molar-refractivity contribution in [3.05, 3.63) is 88.5 Å². The largest absolute Gasteiger partial charge is 0.496 e. The Balaban J connectivity index is 1.51. The number of nitrogens with zero attached hydrogens (tertiary/aromatic N) is 2. The summed E-state index contributed by atoms with van der Waals surface area (Å²) in [6, 6.07) is 20.5. The zero-order valence-electron chi connectivity index (χ0n) is 23.1. The van der Waals surface area contributed by atoms with Crippen LogP contribution in [0.2, 0.25) is 0 Å². The molecule has 6 heteroatoms. The van der Waals surface area contributed by atoms with Crippen molar-refractivity contribution in [2.45, 2.75) is 51.9 Å². The van der Waals surface area contributed by atoms with Crippen LogP contribution in [-0.2, 0) is 30.7 Å². The Morgan fingerprint density at radius 1 is 0.868 bits per heavy atom. The number of ether oxygens (including phenoxy) is 3. The van der Waals surface area contributed by atoms with Crippen molar-refractivity contribution in [3.63, 3.8) is 0 Å². The second-order valence-corrected chi connectivity index (χ2v) is 10.6. The Morgan fingerprint density at radius 2 is 1.53 bits per heavy atom. The molecule has 2 unspecified atom stereocenters. The SMILES string of the molecule is COc1ccccc1CN1Cc2ccccc2CC1C(=O)N1CCc2cc(OC)c(OC)cc2C1C(C)C. The molecular formula is C32H38N2O4. The summed E-state index contributed by atoms with van der Waals surface area (Å²) in [5.74, 6) is 2.73. The summed E-state index contributed by atoms with van der Waals surface area (Å²) >= 11 is 0. The number of hydrogen-bond acceptors (Lipinski definition) is 5. The zero-order valence-corrected chi connectivity index (χ0v) is 23.1. The van der Waals surface area contributed by atoms with E-state index in [9.17, 15) is 4.79 Å². The number of para-hydroxylation sites is 1. The highest BCUT2D eigenvalue weighted by atomic mass is 16.5. The molecule has 38 heavy (non-hydrogen) atoms. The van der Waals surface area contributed by atoms with E-state index in [4.69, 9.17) is 14.2 Å². The minimum Gasteiger partial charge on any atom is -0.496 e. The lowest BCUT2D eigenvalue weighted by atomic mass is 9.84. The minimum absolute atomic E-state index is 0.0312. The Hall–Kier alpha value is -3.51. The Bertz CT molecular complexity index is 1300. The number of carbonyl (C=O) groups excluding carboxylic acids is 1. The fraction of sp³-hybridized carbons (Fsp3) is 0.406. The van der Waals surface area contributed by atoms with Crippen LogP contribution in [0.1, 0.15) is 47.7 Å². The summed E-state index contributed by atoms with van der Waals surface area (Å²) in [5.41, 5.74) is 6.02. The lowest BCUT2D eigenvalue weighted by Crippen LogP contribution is -2.54. The van der Waals surface area contributed by atoms with E-state index in [1.165, 1.54) is 16.7 Å². The number of hydrogen-bond donors (Lipinski definition) is 0. The van der Waals surface area contributed by atoms with Gasteiger partial charge in [0.1, 0.15) is 5.75 Å². The molecule has 0 spiro atoms. The van der Waals surface area contributed by atoms with Crippen molar-refractivity contribution in [2.24, 2.45) is 5.92 Å². The van der Waals surface area contributed by atoms with Crippen LogP contribution in [0, 0.1) is 5.92 Å². The summed E-state index contributed by atoms with van der Waals surface area (Å²) in [5, 5.41) is 0. The van der Waals surface area contributed by atoms with Gasteiger partial charge in [-0.15, -0.1) is 0 Å². The molecule has 3 aromatic rings. The van der Waals surface area contributed by atoms with Crippen LogP contribution in [-0.4, -0.2) is 49.6 Å². The Morgan fingerprint density at radius 3 is 2.24 bits per heavy atom. The van der Waals surface area contributed by atoms with Gasteiger partial charge in [0.15, 0.2) is 11.5 Å². The normalized spacial score (nSPS) is 19.1. The summed E-state index contributed by atoms with van der Waals surface area (Å²) in [4.78, 5) is 19.0. The van der Waals surface area contributed by atoms with Crippen LogP contribution in [0.3, 0.4) is 0 Å². The molecule has 1 amide bonds. The average molecular weight is 515 g/mol. The van der Waals surface area contributed by atoms with Crippen LogP contribution in [0.4, 0.5) is 0 Å². The molecule has 200 valence electrons. The van der Waals surface area contributed by atoms with E-state index in [1.54, 1.807) is 21.3 Å². The number of methoxy groups -OCH3 is 3. The molecule has 2 aliphatic rings. The highest BCUT2D eigenvalue weighted by Gasteiger charge is 2.40. The predicted molar refractivity (Wildman–Crippen MR) is 149 cm³/mol. The van der Waals surface area contributed by atoms with Crippen LogP contribution in [0.25, 0.3) is 0 Å². The molecule has 2 heterocycles. The lowest BCUT2D eigenvalue weighted by molar-refractivity contribution is -0.142. The van der Waals surface area contributed by atoms with Gasteiger partial charge < -0.3 is 19.1 Å². The maximum atomic E-state index is 14.5. The van der Waals surface area contributed by atoms with Crippen LogP contribution in [0.5, 0.6) is 17.2 Å². The van der Waals surface area contributed by atoms with Gasteiger partial charge in [-0.05, 0) is 59.2 Å². The molecule has 2 aliphatic heterocycles. The van der Waals surface area contributed by atoms with Crippen LogP contribution in [0.15, 0.2) is 60.7 Å². The van der Waals surface area contributed by atoms with Crippen molar-refractivity contribution in [1.82, 2.24) is 9.80 Å². The number of rotatable bonds is 7. The van der Waals surface area contributed by atoms with Gasteiger partial charge in [0.05, 0.1) is 33.4 Å². The molecule has 2 atom stereocenters. The monoisotopic (exact) mass is 514 g/mol. The van der Waals surface area contributed by atoms with Gasteiger partial charge in [0, 0.05) is 25.2 Å². The lowest BCUT2D eigenvalue weighted by Gasteiger charge is -2.44. The zero-order chi connectivity index (χ0) is 26.8. The van der Waals surface area contributed by atoms with E-state index in [0.717, 1.165) is 35.6 Å². The number of benzene rings is 3. The molecule has 3 aromatic carbocycles. The molecular weight excluding hydrogens is 476 g/mol. The summed E-state index contributed by atoms with van der Waals surface area (Å²) in [6.45, 7) is 6.45. The van der Waals surface area contributed by atoms with Gasteiger partial charge >= 0.3 is 0 Å². The van der Waals surface area contributed by atoms with Gasteiger partial charge in [-0.25, -0.2) is 0 Å². The van der Waals surface area contributed by atoms with Gasteiger partial charge in [-0.2, -0.15) is 0 Å². The number of carbonyl (C=O) groups is 1. The fourth-order valence-corrected chi connectivity index (χ4v) is 6.17. The average Bonchev–Trinajstić information content (AvgIpc) is 2.95. The Kier molecular flexibility index (Phi) is 7.61. The first-order valence-corrected chi connectivity index (χ1v) is 13.4. The number of amides is 1. The second kappa shape index (κ2) is 11.1. The maximum Gasteiger partial charge on any atom is 0.240 e. The van der Waals surface area contributed by atoms with Crippen LogP contribution >= 0.6 is 0 Å². The fourth-order valence-electron chi connectivity index (χ4n) is 6.17. The summed E-state index contributed by atoms with van der Waals surface area (Å²) < 4.78 is 16.9. The molecule has 0 aliphatic carbocycles. The van der Waals surface area contributed by atoms with Crippen molar-refractivity contribution >= 4 is 5.91 Å². The van der Waals surface area contributed by atoms with Gasteiger partial charge in [-0.3, -0.25) is 9.69 Å². The molecule has 0 aromatic heterocycles.